The maximum absolute atomic E-state index is 5.98. The summed E-state index contributed by atoms with van der Waals surface area (Å²) < 4.78 is 22.9. The Morgan fingerprint density at radius 3 is 1.75 bits per heavy atom. The van der Waals surface area contributed by atoms with Gasteiger partial charge in [-0.2, -0.15) is 0 Å². The molecule has 2 heterocycles. The smallest absolute Gasteiger partial charge is 0.403 e. The van der Waals surface area contributed by atoms with Crippen LogP contribution in [0.25, 0.3) is 0 Å². The first-order chi connectivity index (χ1) is 7.42. The number of hydrogen-bond donors (Lipinski definition) is 0. The van der Waals surface area contributed by atoms with E-state index in [0.717, 1.165) is 0 Å². The van der Waals surface area contributed by atoms with Crippen molar-refractivity contribution in [3.05, 3.63) is 0 Å². The zero-order valence-corrected chi connectivity index (χ0v) is 10.6. The fourth-order valence-electron chi connectivity index (χ4n) is 1.87. The van der Waals surface area contributed by atoms with Gasteiger partial charge in [0.1, 0.15) is 0 Å². The molecular weight excluding hydrogens is 207 g/mol. The lowest BCUT2D eigenvalue weighted by Crippen LogP contribution is -2.41. The summed E-state index contributed by atoms with van der Waals surface area (Å²) in [5.74, 6) is 0.170. The quantitative estimate of drug-likeness (QED) is 0.637. The first-order valence-electron chi connectivity index (χ1n) is 5.93. The first kappa shape index (κ1) is 12.4. The third-order valence-electron chi connectivity index (χ3n) is 3.69. The summed E-state index contributed by atoms with van der Waals surface area (Å²) in [6.45, 7) is 10.9. The van der Waals surface area contributed by atoms with Crippen molar-refractivity contribution in [3.8, 4) is 0 Å². The van der Waals surface area contributed by atoms with Crippen molar-refractivity contribution < 1.29 is 18.8 Å². The molecule has 0 aromatic rings. The first-order valence-corrected chi connectivity index (χ1v) is 5.93. The monoisotopic (exact) mass is 228 g/mol. The Morgan fingerprint density at radius 2 is 1.31 bits per heavy atom. The van der Waals surface area contributed by atoms with Crippen LogP contribution in [0.3, 0.4) is 0 Å². The minimum atomic E-state index is -0.274. The van der Waals surface area contributed by atoms with E-state index >= 15 is 0 Å². The SMILES string of the molecule is CC1(C)OB(C2COCCOC2)OC1(C)C. The third-order valence-corrected chi connectivity index (χ3v) is 3.69. The molecule has 92 valence electrons. The summed E-state index contributed by atoms with van der Waals surface area (Å²) in [7, 11) is -0.219. The molecule has 0 N–H and O–H groups in total. The van der Waals surface area contributed by atoms with Gasteiger partial charge in [0, 0.05) is 5.82 Å². The van der Waals surface area contributed by atoms with Crippen molar-refractivity contribution >= 4 is 7.12 Å². The van der Waals surface area contributed by atoms with Gasteiger partial charge in [-0.25, -0.2) is 0 Å². The fourth-order valence-corrected chi connectivity index (χ4v) is 1.87. The van der Waals surface area contributed by atoms with Gasteiger partial charge >= 0.3 is 7.12 Å². The largest absolute Gasteiger partial charge is 0.465 e. The van der Waals surface area contributed by atoms with E-state index in [1.54, 1.807) is 0 Å². The summed E-state index contributed by atoms with van der Waals surface area (Å²) in [4.78, 5) is 0. The van der Waals surface area contributed by atoms with Crippen LogP contribution in [-0.4, -0.2) is 44.7 Å². The van der Waals surface area contributed by atoms with Crippen molar-refractivity contribution in [2.45, 2.75) is 44.7 Å². The molecule has 5 heteroatoms. The molecular formula is C11H21BO4. The molecule has 0 aromatic heterocycles. The molecule has 0 atom stereocenters. The maximum atomic E-state index is 5.98. The minimum Gasteiger partial charge on any atom is -0.403 e. The van der Waals surface area contributed by atoms with Crippen LogP contribution >= 0.6 is 0 Å². The summed E-state index contributed by atoms with van der Waals surface area (Å²) in [5, 5.41) is 0. The van der Waals surface area contributed by atoms with Crippen LogP contribution in [0.5, 0.6) is 0 Å². The topological polar surface area (TPSA) is 36.9 Å². The molecule has 4 nitrogen and oxygen atoms in total. The second kappa shape index (κ2) is 4.29. The van der Waals surface area contributed by atoms with Crippen molar-refractivity contribution in [2.24, 2.45) is 0 Å². The zero-order valence-electron chi connectivity index (χ0n) is 10.6. The Morgan fingerprint density at radius 1 is 0.875 bits per heavy atom. The molecule has 0 radical (unpaired) electrons. The molecule has 0 aliphatic carbocycles. The van der Waals surface area contributed by atoms with Gasteiger partial charge in [-0.05, 0) is 27.7 Å². The molecule has 0 bridgehead atoms. The zero-order chi connectivity index (χ0) is 11.8. The van der Waals surface area contributed by atoms with E-state index in [1.807, 2.05) is 0 Å². The lowest BCUT2D eigenvalue weighted by atomic mass is 9.73. The van der Waals surface area contributed by atoms with E-state index in [2.05, 4.69) is 27.7 Å². The van der Waals surface area contributed by atoms with E-state index in [1.165, 1.54) is 0 Å². The van der Waals surface area contributed by atoms with Gasteiger partial charge in [0.25, 0.3) is 0 Å². The molecule has 0 amide bonds. The molecule has 2 aliphatic heterocycles. The molecule has 0 spiro atoms. The lowest BCUT2D eigenvalue weighted by Gasteiger charge is -2.32. The summed E-state index contributed by atoms with van der Waals surface area (Å²) in [6.07, 6.45) is 0. The lowest BCUT2D eigenvalue weighted by molar-refractivity contribution is 0.00578. The molecule has 0 aromatic carbocycles. The van der Waals surface area contributed by atoms with Crippen LogP contribution in [-0.2, 0) is 18.8 Å². The second-order valence-electron chi connectivity index (χ2n) is 5.53. The summed E-state index contributed by atoms with van der Waals surface area (Å²) in [6, 6.07) is 0. The predicted molar refractivity (Wildman–Crippen MR) is 61.5 cm³/mol. The second-order valence-corrected chi connectivity index (χ2v) is 5.53. The molecule has 16 heavy (non-hydrogen) atoms. The summed E-state index contributed by atoms with van der Waals surface area (Å²) >= 11 is 0. The van der Waals surface area contributed by atoms with Crippen LogP contribution < -0.4 is 0 Å². The number of hydrogen-bond acceptors (Lipinski definition) is 4. The van der Waals surface area contributed by atoms with Gasteiger partial charge in [0.2, 0.25) is 0 Å². The van der Waals surface area contributed by atoms with E-state index in [9.17, 15) is 0 Å². The Balaban J connectivity index is 2.01. The van der Waals surface area contributed by atoms with Gasteiger partial charge in [0.05, 0.1) is 37.6 Å². The maximum Gasteiger partial charge on any atom is 0.465 e. The number of rotatable bonds is 1. The van der Waals surface area contributed by atoms with Crippen LogP contribution in [0.2, 0.25) is 5.82 Å². The van der Waals surface area contributed by atoms with E-state index in [-0.39, 0.29) is 24.1 Å². The third kappa shape index (κ3) is 2.27. The van der Waals surface area contributed by atoms with Crippen molar-refractivity contribution in [1.82, 2.24) is 0 Å². The van der Waals surface area contributed by atoms with E-state index < -0.39 is 0 Å². The van der Waals surface area contributed by atoms with Crippen LogP contribution in [0.1, 0.15) is 27.7 Å². The Labute approximate surface area is 97.7 Å². The Hall–Kier alpha value is -0.0951. The predicted octanol–water partition coefficient (Wildman–Crippen LogP) is 1.50. The van der Waals surface area contributed by atoms with Crippen LogP contribution in [0.15, 0.2) is 0 Å². The molecule has 0 unspecified atom stereocenters. The van der Waals surface area contributed by atoms with Crippen LogP contribution in [0.4, 0.5) is 0 Å². The van der Waals surface area contributed by atoms with Crippen molar-refractivity contribution in [2.75, 3.05) is 26.4 Å². The molecule has 2 rings (SSSR count). The normalized spacial score (nSPS) is 30.4. The summed E-state index contributed by atoms with van der Waals surface area (Å²) in [5.41, 5.74) is -0.548. The highest BCUT2D eigenvalue weighted by molar-refractivity contribution is 6.47. The molecule has 2 saturated heterocycles. The van der Waals surface area contributed by atoms with E-state index in [4.69, 9.17) is 18.8 Å². The molecule has 2 aliphatic rings. The Bertz CT molecular complexity index is 230. The van der Waals surface area contributed by atoms with Gasteiger partial charge in [-0.3, -0.25) is 0 Å². The van der Waals surface area contributed by atoms with E-state index in [0.29, 0.717) is 26.4 Å². The van der Waals surface area contributed by atoms with Gasteiger partial charge in [-0.15, -0.1) is 0 Å². The van der Waals surface area contributed by atoms with Crippen molar-refractivity contribution in [3.63, 3.8) is 0 Å². The standard InChI is InChI=1S/C11H21BO4/c1-10(2)11(3,4)16-12(15-10)9-7-13-5-6-14-8-9/h9H,5-8H2,1-4H3. The highest BCUT2D eigenvalue weighted by atomic mass is 16.7. The highest BCUT2D eigenvalue weighted by Gasteiger charge is 2.53. The van der Waals surface area contributed by atoms with Gasteiger partial charge in [-0.1, -0.05) is 0 Å². The average molecular weight is 228 g/mol. The molecule has 2 fully saturated rings. The Kier molecular flexibility index (Phi) is 3.32. The minimum absolute atomic E-state index is 0.170. The van der Waals surface area contributed by atoms with Gasteiger partial charge < -0.3 is 18.8 Å². The fraction of sp³-hybridized carbons (Fsp3) is 1.00. The number of ether oxygens (including phenoxy) is 2. The highest BCUT2D eigenvalue weighted by Crippen LogP contribution is 2.40. The molecule has 0 saturated carbocycles. The van der Waals surface area contributed by atoms with Crippen LogP contribution in [0, 0.1) is 0 Å². The average Bonchev–Trinajstić information content (AvgIpc) is 2.42. The van der Waals surface area contributed by atoms with Gasteiger partial charge in [0.15, 0.2) is 0 Å². The van der Waals surface area contributed by atoms with Crippen molar-refractivity contribution in [1.29, 1.82) is 0 Å².